The maximum absolute atomic E-state index is 15.9. The number of piperidine rings is 1. The van der Waals surface area contributed by atoms with Crippen LogP contribution in [0, 0.1) is 0 Å². The van der Waals surface area contributed by atoms with Crippen molar-refractivity contribution in [1.29, 1.82) is 0 Å². The van der Waals surface area contributed by atoms with E-state index in [9.17, 15) is 4.79 Å². The third-order valence-corrected chi connectivity index (χ3v) is 8.78. The van der Waals surface area contributed by atoms with Crippen molar-refractivity contribution >= 4 is 44.7 Å². The Morgan fingerprint density at radius 3 is 2.74 bits per heavy atom. The van der Waals surface area contributed by atoms with Gasteiger partial charge in [-0.15, -0.1) is 0 Å². The number of halogens is 3. The standard InChI is InChI=1S/C24H30BrClFN5O3/c1-23(2,3)35-22(33)31-17-12-24(31,27)20(25)32(26)19(17)18-15-9-5-6-10-16(15)28-21(29-18)34-13-14-8-7-11-30(14)4/h5-6,9-10,14,17,19-20H,7-8,11-13H2,1-4H3/t14-,17?,19?,20?,24?/m0/s1. The van der Waals surface area contributed by atoms with E-state index in [2.05, 4.69) is 32.9 Å². The molecule has 1 aromatic heterocycles. The zero-order valence-electron chi connectivity index (χ0n) is 20.2. The molecule has 190 valence electrons. The highest BCUT2D eigenvalue weighted by Crippen LogP contribution is 2.58. The number of amides is 1. The molecule has 5 atom stereocenters. The molecule has 4 fully saturated rings. The Bertz CT molecular complexity index is 1140. The van der Waals surface area contributed by atoms with Crippen LogP contribution in [0.5, 0.6) is 6.01 Å². The third kappa shape index (κ3) is 4.36. The number of likely N-dealkylation sites (tertiary alicyclic amines) is 1. The zero-order valence-corrected chi connectivity index (χ0v) is 22.6. The van der Waals surface area contributed by atoms with Crippen LogP contribution in [-0.4, -0.2) is 78.9 Å². The van der Waals surface area contributed by atoms with Crippen LogP contribution in [0.1, 0.15) is 51.8 Å². The Kier molecular flexibility index (Phi) is 6.39. The van der Waals surface area contributed by atoms with Gasteiger partial charge in [-0.1, -0.05) is 34.1 Å². The number of hydrogen-bond donors (Lipinski definition) is 0. The molecule has 0 aliphatic carbocycles. The molecule has 0 saturated carbocycles. The number of nitrogens with zero attached hydrogens (tertiary/aromatic N) is 5. The second kappa shape index (κ2) is 8.97. The van der Waals surface area contributed by atoms with E-state index in [0.717, 1.165) is 29.7 Å². The minimum absolute atomic E-state index is 0.109. The molecule has 8 nitrogen and oxygen atoms in total. The van der Waals surface area contributed by atoms with Gasteiger partial charge in [0.2, 0.25) is 5.79 Å². The number of alkyl halides is 2. The SMILES string of the molecule is CN1CCC[C@H]1COc1nc(C2C3CC(F)(C(Br)N2Cl)N3C(=O)OC(C)(C)C)c2ccccc2n1. The van der Waals surface area contributed by atoms with Crippen molar-refractivity contribution in [2.24, 2.45) is 0 Å². The monoisotopic (exact) mass is 569 g/mol. The van der Waals surface area contributed by atoms with Gasteiger partial charge in [-0.25, -0.2) is 9.18 Å². The first kappa shape index (κ1) is 24.9. The van der Waals surface area contributed by atoms with Crippen LogP contribution in [0.4, 0.5) is 9.18 Å². The normalized spacial score (nSPS) is 31.5. The number of aromatic nitrogens is 2. The van der Waals surface area contributed by atoms with Gasteiger partial charge < -0.3 is 14.4 Å². The minimum atomic E-state index is -1.99. The molecule has 1 amide bonds. The molecule has 0 radical (unpaired) electrons. The van der Waals surface area contributed by atoms with Crippen LogP contribution in [0.15, 0.2) is 24.3 Å². The molecule has 6 rings (SSSR count). The lowest BCUT2D eigenvalue weighted by Crippen LogP contribution is -2.78. The summed E-state index contributed by atoms with van der Waals surface area (Å²) < 4.78 is 28.8. The molecule has 2 bridgehead atoms. The third-order valence-electron chi connectivity index (χ3n) is 7.00. The first-order valence-corrected chi connectivity index (χ1v) is 13.1. The Morgan fingerprint density at radius 2 is 2.06 bits per heavy atom. The number of benzene rings is 1. The number of piperazine rings is 1. The molecule has 1 aromatic carbocycles. The topological polar surface area (TPSA) is 71.0 Å². The number of rotatable bonds is 4. The first-order chi connectivity index (χ1) is 16.5. The fraction of sp³-hybridized carbons (Fsp3) is 0.625. The second-order valence-electron chi connectivity index (χ2n) is 10.6. The average Bonchev–Trinajstić information content (AvgIpc) is 3.18. The van der Waals surface area contributed by atoms with E-state index in [1.807, 2.05) is 24.3 Å². The second-order valence-corrected chi connectivity index (χ2v) is 11.8. The first-order valence-electron chi connectivity index (χ1n) is 11.9. The van der Waals surface area contributed by atoms with Crippen molar-refractivity contribution in [3.63, 3.8) is 0 Å². The maximum atomic E-state index is 15.9. The Balaban J connectivity index is 1.51. The number of ether oxygens (including phenoxy) is 2. The Labute approximate surface area is 217 Å². The van der Waals surface area contributed by atoms with E-state index in [4.69, 9.17) is 26.2 Å². The van der Waals surface area contributed by atoms with Crippen LogP contribution in [0.25, 0.3) is 10.9 Å². The van der Waals surface area contributed by atoms with Gasteiger partial charge in [0.05, 0.1) is 23.3 Å². The average molecular weight is 571 g/mol. The summed E-state index contributed by atoms with van der Waals surface area (Å²) in [5, 5.41) is 0.774. The lowest BCUT2D eigenvalue weighted by atomic mass is 9.79. The van der Waals surface area contributed by atoms with E-state index in [1.54, 1.807) is 20.8 Å². The highest BCUT2D eigenvalue weighted by atomic mass is 79.9. The molecular formula is C24H30BrClFN5O3. The van der Waals surface area contributed by atoms with Crippen LogP contribution < -0.4 is 4.74 Å². The summed E-state index contributed by atoms with van der Waals surface area (Å²) in [7, 11) is 2.09. The molecule has 4 unspecified atom stereocenters. The molecule has 35 heavy (non-hydrogen) atoms. The number of carbonyl (C=O) groups excluding carboxylic acids is 1. The van der Waals surface area contributed by atoms with E-state index in [-0.39, 0.29) is 12.4 Å². The predicted molar refractivity (Wildman–Crippen MR) is 134 cm³/mol. The van der Waals surface area contributed by atoms with Crippen LogP contribution in [-0.2, 0) is 4.74 Å². The summed E-state index contributed by atoms with van der Waals surface area (Å²) in [4.78, 5) is 24.9. The largest absolute Gasteiger partial charge is 0.462 e. The van der Waals surface area contributed by atoms with Gasteiger partial charge in [0.15, 0.2) is 0 Å². The van der Waals surface area contributed by atoms with Crippen molar-refractivity contribution in [2.45, 2.75) is 74.5 Å². The molecule has 4 aliphatic rings. The quantitative estimate of drug-likeness (QED) is 0.291. The smallest absolute Gasteiger partial charge is 0.413 e. The molecule has 4 aliphatic heterocycles. The summed E-state index contributed by atoms with van der Waals surface area (Å²) in [6.45, 7) is 6.79. The fourth-order valence-electron chi connectivity index (χ4n) is 5.23. The predicted octanol–water partition coefficient (Wildman–Crippen LogP) is 5.01. The lowest BCUT2D eigenvalue weighted by molar-refractivity contribution is -0.214. The van der Waals surface area contributed by atoms with Gasteiger partial charge in [-0.3, -0.25) is 4.90 Å². The van der Waals surface area contributed by atoms with Gasteiger partial charge in [-0.05, 0) is 65.0 Å². The highest BCUT2D eigenvalue weighted by molar-refractivity contribution is 9.09. The number of hydrogen-bond acceptors (Lipinski definition) is 7. The molecule has 2 aromatic rings. The highest BCUT2D eigenvalue weighted by Gasteiger charge is 2.70. The van der Waals surface area contributed by atoms with E-state index in [0.29, 0.717) is 23.9 Å². The van der Waals surface area contributed by atoms with Crippen molar-refractivity contribution in [3.8, 4) is 6.01 Å². The summed E-state index contributed by atoms with van der Waals surface area (Å²) in [6.07, 6.45) is 1.59. The van der Waals surface area contributed by atoms with Crippen LogP contribution >= 0.6 is 27.7 Å². The summed E-state index contributed by atoms with van der Waals surface area (Å²) in [6, 6.07) is 6.96. The van der Waals surface area contributed by atoms with Crippen molar-refractivity contribution in [1.82, 2.24) is 24.2 Å². The number of likely N-dealkylation sites (N-methyl/N-ethyl adjacent to an activating group) is 1. The van der Waals surface area contributed by atoms with Gasteiger partial charge in [0.1, 0.15) is 17.2 Å². The number of fused-ring (bicyclic) bond motifs is 3. The summed E-state index contributed by atoms with van der Waals surface area (Å²) in [5.74, 6) is -1.99. The van der Waals surface area contributed by atoms with E-state index < -0.39 is 34.5 Å². The van der Waals surface area contributed by atoms with Crippen LogP contribution in [0.2, 0.25) is 0 Å². The minimum Gasteiger partial charge on any atom is -0.462 e. The zero-order chi connectivity index (χ0) is 25.1. The van der Waals surface area contributed by atoms with Gasteiger partial charge in [0.25, 0.3) is 0 Å². The number of para-hydroxylation sites is 1. The van der Waals surface area contributed by atoms with Crippen molar-refractivity contribution in [2.75, 3.05) is 20.2 Å². The fourth-order valence-corrected chi connectivity index (χ4v) is 6.27. The Hall–Kier alpha value is -1.75. The lowest BCUT2D eigenvalue weighted by Gasteiger charge is -2.63. The molecule has 0 N–H and O–H groups in total. The molecular weight excluding hydrogens is 541 g/mol. The van der Waals surface area contributed by atoms with Gasteiger partial charge in [-0.2, -0.15) is 14.4 Å². The molecule has 4 saturated heterocycles. The summed E-state index contributed by atoms with van der Waals surface area (Å²) in [5.41, 5.74) is 0.527. The van der Waals surface area contributed by atoms with Gasteiger partial charge in [0, 0.05) is 17.8 Å². The summed E-state index contributed by atoms with van der Waals surface area (Å²) >= 11 is 10.1. The number of carbonyl (C=O) groups is 1. The molecule has 0 spiro atoms. The van der Waals surface area contributed by atoms with Gasteiger partial charge >= 0.3 is 12.1 Å². The molecule has 5 heterocycles. The van der Waals surface area contributed by atoms with E-state index >= 15 is 4.39 Å². The van der Waals surface area contributed by atoms with Crippen LogP contribution in [0.3, 0.4) is 0 Å². The molecule has 11 heteroatoms. The van der Waals surface area contributed by atoms with E-state index in [1.165, 1.54) is 4.42 Å². The Morgan fingerprint density at radius 1 is 1.31 bits per heavy atom. The van der Waals surface area contributed by atoms with Crippen molar-refractivity contribution in [3.05, 3.63) is 30.0 Å². The maximum Gasteiger partial charge on any atom is 0.413 e. The van der Waals surface area contributed by atoms with Crippen molar-refractivity contribution < 1.29 is 18.7 Å².